The molecule has 1 aliphatic heterocycles. The van der Waals surface area contributed by atoms with Gasteiger partial charge in [0.05, 0.1) is 22.9 Å². The van der Waals surface area contributed by atoms with Crippen molar-refractivity contribution in [3.8, 4) is 5.69 Å². The van der Waals surface area contributed by atoms with Gasteiger partial charge in [-0.2, -0.15) is 5.10 Å². The standard InChI is InChI=1S/C18H13BrClN3O2S/c19-12-4-1-3-11(7-12)18(24)21-17-15-9-26(25)10-16(15)22-23(17)14-6-2-5-13(20)8-14/h1-8H,9-10H2,(H,21,24)/t26-/m0/s1. The van der Waals surface area contributed by atoms with Crippen LogP contribution in [0.25, 0.3) is 5.69 Å². The summed E-state index contributed by atoms with van der Waals surface area (Å²) in [7, 11) is -0.991. The zero-order valence-electron chi connectivity index (χ0n) is 13.4. The molecule has 1 amide bonds. The van der Waals surface area contributed by atoms with Crippen molar-refractivity contribution in [3.63, 3.8) is 0 Å². The number of amides is 1. The summed E-state index contributed by atoms with van der Waals surface area (Å²) in [6, 6.07) is 14.4. The predicted octanol–water partition coefficient (Wildman–Crippen LogP) is 4.30. The summed E-state index contributed by atoms with van der Waals surface area (Å²) in [6.07, 6.45) is 0. The molecule has 0 radical (unpaired) electrons. The largest absolute Gasteiger partial charge is 0.306 e. The Hall–Kier alpha value is -1.96. The van der Waals surface area contributed by atoms with Crippen molar-refractivity contribution in [2.24, 2.45) is 0 Å². The highest BCUT2D eigenvalue weighted by atomic mass is 79.9. The summed E-state index contributed by atoms with van der Waals surface area (Å²) in [6.45, 7) is 0. The first-order valence-corrected chi connectivity index (χ1v) is 10.5. The van der Waals surface area contributed by atoms with Crippen LogP contribution in [-0.2, 0) is 22.3 Å². The molecule has 3 aromatic rings. The molecule has 132 valence electrons. The molecule has 0 bridgehead atoms. The van der Waals surface area contributed by atoms with Gasteiger partial charge in [0, 0.05) is 31.4 Å². The van der Waals surface area contributed by atoms with Crippen LogP contribution >= 0.6 is 27.5 Å². The van der Waals surface area contributed by atoms with Crippen molar-refractivity contribution in [2.45, 2.75) is 11.5 Å². The lowest BCUT2D eigenvalue weighted by Crippen LogP contribution is -2.16. The maximum Gasteiger partial charge on any atom is 0.256 e. The first kappa shape index (κ1) is 17.5. The van der Waals surface area contributed by atoms with E-state index in [1.54, 1.807) is 35.0 Å². The smallest absolute Gasteiger partial charge is 0.256 e. The van der Waals surface area contributed by atoms with Gasteiger partial charge in [0.1, 0.15) is 5.82 Å². The number of hydrogen-bond donors (Lipinski definition) is 1. The molecule has 4 rings (SSSR count). The molecule has 1 atom stereocenters. The lowest BCUT2D eigenvalue weighted by molar-refractivity contribution is 0.102. The average Bonchev–Trinajstić information content (AvgIpc) is 3.12. The SMILES string of the molecule is O=C(Nc1c2c(nn1-c1cccc(Cl)c1)C[S@@](=O)C2)c1cccc(Br)c1. The number of nitrogens with zero attached hydrogens (tertiary/aromatic N) is 2. The minimum absolute atomic E-state index is 0.255. The van der Waals surface area contributed by atoms with E-state index in [4.69, 9.17) is 11.6 Å². The molecule has 8 heteroatoms. The van der Waals surface area contributed by atoms with Crippen LogP contribution in [0.5, 0.6) is 0 Å². The first-order valence-electron chi connectivity index (χ1n) is 7.80. The highest BCUT2D eigenvalue weighted by molar-refractivity contribution is 9.10. The number of carbonyl (C=O) groups is 1. The minimum atomic E-state index is -0.991. The molecule has 2 aromatic carbocycles. The number of halogens is 2. The number of aromatic nitrogens is 2. The number of hydrogen-bond acceptors (Lipinski definition) is 3. The Kier molecular flexibility index (Phi) is 4.69. The Bertz CT molecular complexity index is 1050. The van der Waals surface area contributed by atoms with Gasteiger partial charge in [0.15, 0.2) is 0 Å². The van der Waals surface area contributed by atoms with E-state index < -0.39 is 10.8 Å². The normalized spacial score (nSPS) is 15.7. The van der Waals surface area contributed by atoms with Crippen molar-refractivity contribution in [2.75, 3.05) is 5.32 Å². The van der Waals surface area contributed by atoms with Crippen LogP contribution < -0.4 is 5.32 Å². The number of benzene rings is 2. The van der Waals surface area contributed by atoms with E-state index in [0.717, 1.165) is 21.4 Å². The second-order valence-corrected chi connectivity index (χ2v) is 8.67. The number of carbonyl (C=O) groups excluding carboxylic acids is 1. The zero-order valence-corrected chi connectivity index (χ0v) is 16.6. The van der Waals surface area contributed by atoms with Gasteiger partial charge >= 0.3 is 0 Å². The highest BCUT2D eigenvalue weighted by Crippen LogP contribution is 2.32. The maximum atomic E-state index is 12.7. The predicted molar refractivity (Wildman–Crippen MR) is 106 cm³/mol. The fourth-order valence-electron chi connectivity index (χ4n) is 2.86. The summed E-state index contributed by atoms with van der Waals surface area (Å²) >= 11 is 9.47. The van der Waals surface area contributed by atoms with Crippen molar-refractivity contribution in [3.05, 3.63) is 74.8 Å². The number of fused-ring (bicyclic) bond motifs is 1. The molecule has 0 saturated heterocycles. The van der Waals surface area contributed by atoms with E-state index >= 15 is 0 Å². The third kappa shape index (κ3) is 3.34. The molecule has 0 spiro atoms. The Morgan fingerprint density at radius 1 is 1.19 bits per heavy atom. The molecule has 0 fully saturated rings. The molecule has 1 aromatic heterocycles. The van der Waals surface area contributed by atoms with Gasteiger partial charge in [0.2, 0.25) is 0 Å². The van der Waals surface area contributed by atoms with E-state index in [1.165, 1.54) is 0 Å². The van der Waals surface area contributed by atoms with Crippen LogP contribution in [0.1, 0.15) is 21.6 Å². The molecule has 2 heterocycles. The van der Waals surface area contributed by atoms with Crippen molar-refractivity contribution >= 4 is 50.1 Å². The van der Waals surface area contributed by atoms with Crippen LogP contribution in [-0.4, -0.2) is 19.9 Å². The average molecular weight is 451 g/mol. The lowest BCUT2D eigenvalue weighted by Gasteiger charge is -2.11. The summed E-state index contributed by atoms with van der Waals surface area (Å²) in [5, 5.41) is 8.07. The van der Waals surface area contributed by atoms with Crippen LogP contribution in [0.15, 0.2) is 53.0 Å². The Morgan fingerprint density at radius 2 is 2.00 bits per heavy atom. The molecule has 26 heavy (non-hydrogen) atoms. The van der Waals surface area contributed by atoms with Gasteiger partial charge in [-0.15, -0.1) is 0 Å². The van der Waals surface area contributed by atoms with E-state index in [0.29, 0.717) is 27.9 Å². The van der Waals surface area contributed by atoms with Gasteiger partial charge in [0.25, 0.3) is 5.91 Å². The van der Waals surface area contributed by atoms with Crippen LogP contribution in [0.2, 0.25) is 5.02 Å². The second kappa shape index (κ2) is 6.98. The van der Waals surface area contributed by atoms with Gasteiger partial charge in [-0.25, -0.2) is 4.68 Å². The lowest BCUT2D eigenvalue weighted by atomic mass is 10.2. The van der Waals surface area contributed by atoms with E-state index in [2.05, 4.69) is 26.3 Å². The van der Waals surface area contributed by atoms with Gasteiger partial charge in [-0.3, -0.25) is 9.00 Å². The fraction of sp³-hybridized carbons (Fsp3) is 0.111. The van der Waals surface area contributed by atoms with Crippen LogP contribution in [0.4, 0.5) is 5.82 Å². The maximum absolute atomic E-state index is 12.7. The Balaban J connectivity index is 1.77. The number of nitrogens with one attached hydrogen (secondary N) is 1. The molecule has 1 aliphatic rings. The zero-order chi connectivity index (χ0) is 18.3. The highest BCUT2D eigenvalue weighted by Gasteiger charge is 2.28. The number of anilines is 1. The van der Waals surface area contributed by atoms with Crippen LogP contribution in [0, 0.1) is 0 Å². The second-order valence-electron chi connectivity index (χ2n) is 5.86. The minimum Gasteiger partial charge on any atom is -0.306 e. The van der Waals surface area contributed by atoms with Crippen LogP contribution in [0.3, 0.4) is 0 Å². The molecule has 0 unspecified atom stereocenters. The van der Waals surface area contributed by atoms with E-state index in [9.17, 15) is 9.00 Å². The van der Waals surface area contributed by atoms with Gasteiger partial charge < -0.3 is 5.32 Å². The number of rotatable bonds is 3. The topological polar surface area (TPSA) is 64.0 Å². The summed E-state index contributed by atoms with van der Waals surface area (Å²) in [5.41, 5.74) is 2.81. The monoisotopic (exact) mass is 449 g/mol. The summed E-state index contributed by atoms with van der Waals surface area (Å²) in [5.74, 6) is 1.06. The third-order valence-electron chi connectivity index (χ3n) is 4.04. The molecular formula is C18H13BrClN3O2S. The molecule has 5 nitrogen and oxygen atoms in total. The molecular weight excluding hydrogens is 438 g/mol. The van der Waals surface area contributed by atoms with E-state index in [-0.39, 0.29) is 5.91 Å². The molecule has 1 N–H and O–H groups in total. The summed E-state index contributed by atoms with van der Waals surface area (Å²) < 4.78 is 14.4. The Labute approximate surface area is 165 Å². The van der Waals surface area contributed by atoms with Crippen molar-refractivity contribution < 1.29 is 9.00 Å². The first-order chi connectivity index (χ1) is 12.5. The third-order valence-corrected chi connectivity index (χ3v) is 5.98. The summed E-state index contributed by atoms with van der Waals surface area (Å²) in [4.78, 5) is 12.7. The Morgan fingerprint density at radius 3 is 2.77 bits per heavy atom. The van der Waals surface area contributed by atoms with Gasteiger partial charge in [-0.1, -0.05) is 39.7 Å². The molecule has 0 aliphatic carbocycles. The molecule has 0 saturated carbocycles. The van der Waals surface area contributed by atoms with Crippen molar-refractivity contribution in [1.29, 1.82) is 0 Å². The van der Waals surface area contributed by atoms with Crippen molar-refractivity contribution in [1.82, 2.24) is 9.78 Å². The van der Waals surface area contributed by atoms with E-state index in [1.807, 2.05) is 18.2 Å². The van der Waals surface area contributed by atoms with Gasteiger partial charge in [-0.05, 0) is 36.4 Å². The fourth-order valence-corrected chi connectivity index (χ4v) is 4.71. The quantitative estimate of drug-likeness (QED) is 0.647.